The van der Waals surface area contributed by atoms with Crippen LogP contribution >= 0.6 is 23.4 Å². The van der Waals surface area contributed by atoms with Crippen molar-refractivity contribution in [3.63, 3.8) is 0 Å². The average molecular weight is 342 g/mol. The molecule has 122 valence electrons. The molecule has 0 aliphatic carbocycles. The van der Waals surface area contributed by atoms with Gasteiger partial charge in [0.1, 0.15) is 0 Å². The topological polar surface area (TPSA) is 30.5 Å². The van der Waals surface area contributed by atoms with Crippen LogP contribution in [0.3, 0.4) is 0 Å². The summed E-state index contributed by atoms with van der Waals surface area (Å²) in [5, 5.41) is 4.56. The van der Waals surface area contributed by atoms with Gasteiger partial charge >= 0.3 is 0 Å². The van der Waals surface area contributed by atoms with Crippen LogP contribution in [0.2, 0.25) is 5.02 Å². The number of ether oxygens (including phenoxy) is 2. The Morgan fingerprint density at radius 3 is 2.95 bits per heavy atom. The van der Waals surface area contributed by atoms with E-state index in [1.807, 2.05) is 23.9 Å². The van der Waals surface area contributed by atoms with E-state index in [1.54, 1.807) is 7.11 Å². The van der Waals surface area contributed by atoms with E-state index in [9.17, 15) is 0 Å². The largest absolute Gasteiger partial charge is 0.383 e. The van der Waals surface area contributed by atoms with Crippen LogP contribution in [0.1, 0.15) is 30.9 Å². The Kier molecular flexibility index (Phi) is 5.69. The number of rotatable bonds is 5. The normalized spacial score (nSPS) is 29.8. The molecule has 0 bridgehead atoms. The second-order valence-corrected chi connectivity index (χ2v) is 7.79. The second-order valence-electron chi connectivity index (χ2n) is 6.25. The Bertz CT molecular complexity index is 476. The summed E-state index contributed by atoms with van der Waals surface area (Å²) in [5.74, 6) is 2.37. The first kappa shape index (κ1) is 16.6. The third kappa shape index (κ3) is 3.98. The summed E-state index contributed by atoms with van der Waals surface area (Å²) in [4.78, 5) is 0. The molecule has 1 aromatic carbocycles. The van der Waals surface area contributed by atoms with Gasteiger partial charge in [-0.2, -0.15) is 11.8 Å². The highest BCUT2D eigenvalue weighted by Gasteiger charge is 2.40. The predicted molar refractivity (Wildman–Crippen MR) is 92.9 cm³/mol. The van der Waals surface area contributed by atoms with Gasteiger partial charge in [0.25, 0.3) is 0 Å². The van der Waals surface area contributed by atoms with Crippen LogP contribution in [-0.2, 0) is 9.47 Å². The minimum absolute atomic E-state index is 0.109. The summed E-state index contributed by atoms with van der Waals surface area (Å²) in [6.07, 6.45) is 3.36. The van der Waals surface area contributed by atoms with Crippen LogP contribution in [-0.4, -0.2) is 43.5 Å². The predicted octanol–water partition coefficient (Wildman–Crippen LogP) is 3.67. The molecule has 5 heteroatoms. The Labute approximate surface area is 142 Å². The molecule has 22 heavy (non-hydrogen) atoms. The van der Waals surface area contributed by atoms with Crippen LogP contribution in [0.5, 0.6) is 0 Å². The van der Waals surface area contributed by atoms with Gasteiger partial charge in [0, 0.05) is 30.5 Å². The molecule has 3 atom stereocenters. The Balaban J connectivity index is 1.66. The van der Waals surface area contributed by atoms with Crippen LogP contribution < -0.4 is 5.32 Å². The minimum Gasteiger partial charge on any atom is -0.383 e. The number of thioether (sulfide) groups is 1. The van der Waals surface area contributed by atoms with Crippen molar-refractivity contribution in [2.24, 2.45) is 0 Å². The summed E-state index contributed by atoms with van der Waals surface area (Å²) in [6.45, 7) is 1.53. The van der Waals surface area contributed by atoms with E-state index >= 15 is 0 Å². The fourth-order valence-electron chi connectivity index (χ4n) is 3.42. The van der Waals surface area contributed by atoms with Crippen molar-refractivity contribution in [1.29, 1.82) is 0 Å². The minimum atomic E-state index is 0.109. The van der Waals surface area contributed by atoms with Crippen molar-refractivity contribution in [2.45, 2.75) is 36.9 Å². The van der Waals surface area contributed by atoms with Crippen molar-refractivity contribution in [1.82, 2.24) is 5.32 Å². The lowest BCUT2D eigenvalue weighted by molar-refractivity contribution is -0.0723. The molecule has 1 spiro atoms. The Morgan fingerprint density at radius 2 is 2.27 bits per heavy atom. The molecule has 2 aliphatic heterocycles. The molecule has 2 saturated heterocycles. The third-order valence-electron chi connectivity index (χ3n) is 4.60. The summed E-state index contributed by atoms with van der Waals surface area (Å²) in [6, 6.07) is 8.75. The maximum Gasteiger partial charge on any atom is 0.0795 e. The number of hydrogen-bond donors (Lipinski definition) is 1. The summed E-state index contributed by atoms with van der Waals surface area (Å²) in [7, 11) is 1.75. The van der Waals surface area contributed by atoms with E-state index in [0.29, 0.717) is 12.6 Å². The summed E-state index contributed by atoms with van der Waals surface area (Å²) < 4.78 is 11.5. The molecule has 3 nitrogen and oxygen atoms in total. The van der Waals surface area contributed by atoms with E-state index in [2.05, 4.69) is 17.4 Å². The van der Waals surface area contributed by atoms with Crippen LogP contribution in [0.25, 0.3) is 0 Å². The van der Waals surface area contributed by atoms with Crippen molar-refractivity contribution in [3.8, 4) is 0 Å². The zero-order valence-corrected chi connectivity index (χ0v) is 14.6. The van der Waals surface area contributed by atoms with E-state index in [1.165, 1.54) is 17.7 Å². The number of hydrogen-bond acceptors (Lipinski definition) is 4. The number of nitrogens with one attached hydrogen (secondary N) is 1. The molecule has 2 fully saturated rings. The molecule has 2 heterocycles. The second kappa shape index (κ2) is 7.54. The molecule has 1 N–H and O–H groups in total. The van der Waals surface area contributed by atoms with Gasteiger partial charge in [-0.15, -0.1) is 0 Å². The molecule has 0 unspecified atom stereocenters. The Hall–Kier alpha value is -0.260. The summed E-state index contributed by atoms with van der Waals surface area (Å²) in [5.41, 5.74) is 1.34. The van der Waals surface area contributed by atoms with Gasteiger partial charge in [0.15, 0.2) is 0 Å². The van der Waals surface area contributed by atoms with Gasteiger partial charge in [0.2, 0.25) is 0 Å². The van der Waals surface area contributed by atoms with Gasteiger partial charge < -0.3 is 14.8 Å². The number of halogens is 1. The monoisotopic (exact) mass is 341 g/mol. The standard InChI is InChI=1S/C17H24ClNO2S/c1-20-11-16(13-2-4-14(18)5-3-13)19-15-6-8-21-17(10-15)7-9-22-12-17/h2-5,15-16,19H,6-12H2,1H3/t15-,16+,17+/m1/s1. The number of benzene rings is 1. The molecule has 0 saturated carbocycles. The molecule has 2 aliphatic rings. The maximum absolute atomic E-state index is 6.11. The van der Waals surface area contributed by atoms with Gasteiger partial charge in [-0.25, -0.2) is 0 Å². The lowest BCUT2D eigenvalue weighted by Gasteiger charge is -2.39. The lowest BCUT2D eigenvalue weighted by atomic mass is 9.89. The smallest absolute Gasteiger partial charge is 0.0795 e. The van der Waals surface area contributed by atoms with E-state index in [4.69, 9.17) is 21.1 Å². The van der Waals surface area contributed by atoms with Crippen molar-refractivity contribution in [3.05, 3.63) is 34.9 Å². The fourth-order valence-corrected chi connectivity index (χ4v) is 4.92. The molecule has 0 radical (unpaired) electrons. The fraction of sp³-hybridized carbons (Fsp3) is 0.647. The SMILES string of the molecule is COC[C@H](N[C@@H]1CCO[C@@]2(CCSC2)C1)c1ccc(Cl)cc1. The lowest BCUT2D eigenvalue weighted by Crippen LogP contribution is -2.48. The van der Waals surface area contributed by atoms with Gasteiger partial charge in [-0.3, -0.25) is 0 Å². The zero-order chi connectivity index (χ0) is 15.4. The van der Waals surface area contributed by atoms with Crippen molar-refractivity contribution >= 4 is 23.4 Å². The zero-order valence-electron chi connectivity index (χ0n) is 13.0. The van der Waals surface area contributed by atoms with Crippen LogP contribution in [0.4, 0.5) is 0 Å². The third-order valence-corrected chi connectivity index (χ3v) is 6.08. The Morgan fingerprint density at radius 1 is 1.45 bits per heavy atom. The average Bonchev–Trinajstić information content (AvgIpc) is 2.95. The summed E-state index contributed by atoms with van der Waals surface area (Å²) >= 11 is 8.01. The van der Waals surface area contributed by atoms with E-state index in [0.717, 1.165) is 30.2 Å². The maximum atomic E-state index is 6.11. The van der Waals surface area contributed by atoms with E-state index in [-0.39, 0.29) is 11.6 Å². The van der Waals surface area contributed by atoms with Gasteiger partial charge in [-0.1, -0.05) is 23.7 Å². The van der Waals surface area contributed by atoms with Crippen LogP contribution in [0, 0.1) is 0 Å². The molecular weight excluding hydrogens is 318 g/mol. The van der Waals surface area contributed by atoms with Gasteiger partial charge in [0.05, 0.1) is 18.2 Å². The van der Waals surface area contributed by atoms with Crippen LogP contribution in [0.15, 0.2) is 24.3 Å². The molecule has 0 aromatic heterocycles. The first-order valence-corrected chi connectivity index (χ1v) is 9.46. The first-order valence-electron chi connectivity index (χ1n) is 7.93. The van der Waals surface area contributed by atoms with Gasteiger partial charge in [-0.05, 0) is 42.7 Å². The molecular formula is C17H24ClNO2S. The molecule has 1 aromatic rings. The first-order chi connectivity index (χ1) is 10.7. The highest BCUT2D eigenvalue weighted by Crippen LogP contribution is 2.38. The van der Waals surface area contributed by atoms with E-state index < -0.39 is 0 Å². The number of methoxy groups -OCH3 is 1. The molecule has 0 amide bonds. The quantitative estimate of drug-likeness (QED) is 0.885. The molecule has 3 rings (SSSR count). The van der Waals surface area contributed by atoms with Crippen molar-refractivity contribution in [2.75, 3.05) is 31.8 Å². The van der Waals surface area contributed by atoms with Crippen molar-refractivity contribution < 1.29 is 9.47 Å². The highest BCUT2D eigenvalue weighted by atomic mass is 35.5. The highest BCUT2D eigenvalue weighted by molar-refractivity contribution is 7.99.